The van der Waals surface area contributed by atoms with Gasteiger partial charge < -0.3 is 20.1 Å². The monoisotopic (exact) mass is 342 g/mol. The Morgan fingerprint density at radius 1 is 0.960 bits per heavy atom. The van der Waals surface area contributed by atoms with Gasteiger partial charge in [0, 0.05) is 17.8 Å². The zero-order valence-corrected chi connectivity index (χ0v) is 14.5. The van der Waals surface area contributed by atoms with E-state index in [4.69, 9.17) is 9.47 Å². The molecule has 0 heterocycles. The molecule has 2 amide bonds. The lowest BCUT2D eigenvalue weighted by Gasteiger charge is -2.16. The molecule has 0 spiro atoms. The minimum atomic E-state index is -0.698. The Kier molecular flexibility index (Phi) is 6.39. The molecule has 0 aliphatic heterocycles. The van der Waals surface area contributed by atoms with E-state index in [9.17, 15) is 9.59 Å². The first kappa shape index (κ1) is 18.3. The molecule has 0 aromatic heterocycles. The van der Waals surface area contributed by atoms with Crippen LogP contribution in [0.4, 0.5) is 11.4 Å². The number of anilines is 2. The van der Waals surface area contributed by atoms with E-state index in [1.54, 1.807) is 57.4 Å². The van der Waals surface area contributed by atoms with Crippen molar-refractivity contribution in [3.63, 3.8) is 0 Å². The van der Waals surface area contributed by atoms with E-state index >= 15 is 0 Å². The molecule has 0 bridgehead atoms. The third kappa shape index (κ3) is 5.24. The minimum absolute atomic E-state index is 0.0596. The summed E-state index contributed by atoms with van der Waals surface area (Å²) in [5, 5.41) is 5.53. The van der Waals surface area contributed by atoms with Crippen LogP contribution in [0.25, 0.3) is 0 Å². The predicted octanol–water partition coefficient (Wildman–Crippen LogP) is 3.45. The average molecular weight is 342 g/mol. The summed E-state index contributed by atoms with van der Waals surface area (Å²) in [5.41, 5.74) is 1.30. The Balaban J connectivity index is 1.95. The fraction of sp³-hybridized carbons (Fsp3) is 0.263. The van der Waals surface area contributed by atoms with Gasteiger partial charge in [0.15, 0.2) is 17.6 Å². The normalized spacial score (nSPS) is 11.3. The number of amides is 2. The van der Waals surface area contributed by atoms with Gasteiger partial charge in [0.25, 0.3) is 5.91 Å². The molecular weight excluding hydrogens is 320 g/mol. The van der Waals surface area contributed by atoms with Crippen molar-refractivity contribution in [3.8, 4) is 11.5 Å². The highest BCUT2D eigenvalue weighted by Gasteiger charge is 2.16. The summed E-state index contributed by atoms with van der Waals surface area (Å²) in [7, 11) is 1.55. The van der Waals surface area contributed by atoms with Crippen molar-refractivity contribution in [3.05, 3.63) is 48.5 Å². The summed E-state index contributed by atoms with van der Waals surface area (Å²) in [6.07, 6.45) is -0.285. The molecule has 6 heteroatoms. The van der Waals surface area contributed by atoms with Crippen molar-refractivity contribution in [2.24, 2.45) is 0 Å². The van der Waals surface area contributed by atoms with E-state index in [1.807, 2.05) is 12.1 Å². The summed E-state index contributed by atoms with van der Waals surface area (Å²) in [6.45, 7) is 3.45. The highest BCUT2D eigenvalue weighted by atomic mass is 16.5. The average Bonchev–Trinajstić information content (AvgIpc) is 2.63. The summed E-state index contributed by atoms with van der Waals surface area (Å²) < 4.78 is 10.9. The molecule has 25 heavy (non-hydrogen) atoms. The number of rotatable bonds is 7. The van der Waals surface area contributed by atoms with Crippen LogP contribution in [0.1, 0.15) is 20.3 Å². The van der Waals surface area contributed by atoms with Gasteiger partial charge in [-0.3, -0.25) is 9.59 Å². The first-order valence-electron chi connectivity index (χ1n) is 8.04. The quantitative estimate of drug-likeness (QED) is 0.808. The van der Waals surface area contributed by atoms with Crippen LogP contribution in [0.5, 0.6) is 11.5 Å². The van der Waals surface area contributed by atoms with Crippen molar-refractivity contribution in [1.29, 1.82) is 0 Å². The largest absolute Gasteiger partial charge is 0.493 e. The van der Waals surface area contributed by atoms with Crippen LogP contribution in [-0.4, -0.2) is 25.0 Å². The molecular formula is C19H22N2O4. The molecule has 2 rings (SSSR count). The van der Waals surface area contributed by atoms with Crippen molar-refractivity contribution in [2.45, 2.75) is 26.4 Å². The molecule has 0 aliphatic rings. The van der Waals surface area contributed by atoms with Gasteiger partial charge in [-0.15, -0.1) is 0 Å². The van der Waals surface area contributed by atoms with E-state index in [1.165, 1.54) is 0 Å². The fourth-order valence-electron chi connectivity index (χ4n) is 2.09. The van der Waals surface area contributed by atoms with Crippen LogP contribution in [0, 0.1) is 0 Å². The van der Waals surface area contributed by atoms with Gasteiger partial charge in [-0.25, -0.2) is 0 Å². The number of carbonyl (C=O) groups is 2. The molecule has 2 aromatic carbocycles. The number of ether oxygens (including phenoxy) is 2. The van der Waals surface area contributed by atoms with Crippen LogP contribution in [0.15, 0.2) is 48.5 Å². The van der Waals surface area contributed by atoms with Crippen molar-refractivity contribution in [2.75, 3.05) is 17.7 Å². The Morgan fingerprint density at radius 2 is 1.52 bits per heavy atom. The molecule has 6 nitrogen and oxygen atoms in total. The maximum Gasteiger partial charge on any atom is 0.265 e. The summed E-state index contributed by atoms with van der Waals surface area (Å²) >= 11 is 0. The first-order valence-corrected chi connectivity index (χ1v) is 8.04. The standard InChI is InChI=1S/C19H22N2O4/c1-4-18(22)20-14-9-11-15(12-10-14)21-19(23)13(2)25-17-8-6-5-7-16(17)24-3/h5-13H,4H2,1-3H3,(H,20,22)(H,21,23)/t13-/m0/s1. The molecule has 0 radical (unpaired) electrons. The highest BCUT2D eigenvalue weighted by Crippen LogP contribution is 2.27. The summed E-state index contributed by atoms with van der Waals surface area (Å²) in [5.74, 6) is 0.732. The van der Waals surface area contributed by atoms with Gasteiger partial charge in [-0.2, -0.15) is 0 Å². The third-order valence-corrected chi connectivity index (χ3v) is 3.50. The fourth-order valence-corrected chi connectivity index (χ4v) is 2.09. The molecule has 132 valence electrons. The zero-order valence-electron chi connectivity index (χ0n) is 14.5. The minimum Gasteiger partial charge on any atom is -0.493 e. The molecule has 0 saturated heterocycles. The SMILES string of the molecule is CCC(=O)Nc1ccc(NC(=O)[C@H](C)Oc2ccccc2OC)cc1. The second-order valence-corrected chi connectivity index (χ2v) is 5.38. The number of benzene rings is 2. The number of hydrogen-bond acceptors (Lipinski definition) is 4. The van der Waals surface area contributed by atoms with Gasteiger partial charge in [-0.1, -0.05) is 19.1 Å². The van der Waals surface area contributed by atoms with E-state index in [0.717, 1.165) is 0 Å². The van der Waals surface area contributed by atoms with Crippen molar-refractivity contribution >= 4 is 23.2 Å². The molecule has 0 unspecified atom stereocenters. The molecule has 0 saturated carbocycles. The predicted molar refractivity (Wildman–Crippen MR) is 97.1 cm³/mol. The second-order valence-electron chi connectivity index (χ2n) is 5.38. The Morgan fingerprint density at radius 3 is 2.08 bits per heavy atom. The van der Waals surface area contributed by atoms with Gasteiger partial charge in [0.2, 0.25) is 5.91 Å². The smallest absolute Gasteiger partial charge is 0.265 e. The van der Waals surface area contributed by atoms with Crippen molar-refractivity contribution < 1.29 is 19.1 Å². The van der Waals surface area contributed by atoms with E-state index < -0.39 is 6.10 Å². The van der Waals surface area contributed by atoms with E-state index in [0.29, 0.717) is 29.3 Å². The van der Waals surface area contributed by atoms with Gasteiger partial charge in [0.05, 0.1) is 7.11 Å². The van der Waals surface area contributed by atoms with Crippen LogP contribution in [0.2, 0.25) is 0 Å². The van der Waals surface area contributed by atoms with E-state index in [2.05, 4.69) is 10.6 Å². The van der Waals surface area contributed by atoms with Crippen molar-refractivity contribution in [1.82, 2.24) is 0 Å². The maximum atomic E-state index is 12.3. The number of methoxy groups -OCH3 is 1. The highest BCUT2D eigenvalue weighted by molar-refractivity contribution is 5.95. The third-order valence-electron chi connectivity index (χ3n) is 3.50. The molecule has 1 atom stereocenters. The van der Waals surface area contributed by atoms with Crippen LogP contribution in [-0.2, 0) is 9.59 Å². The number of para-hydroxylation sites is 2. The molecule has 2 N–H and O–H groups in total. The summed E-state index contributed by atoms with van der Waals surface area (Å²) in [6, 6.07) is 14.1. The van der Waals surface area contributed by atoms with Gasteiger partial charge >= 0.3 is 0 Å². The van der Waals surface area contributed by atoms with Gasteiger partial charge in [-0.05, 0) is 43.3 Å². The van der Waals surface area contributed by atoms with Crippen LogP contribution in [0.3, 0.4) is 0 Å². The molecule has 0 aliphatic carbocycles. The number of carbonyl (C=O) groups excluding carboxylic acids is 2. The lowest BCUT2D eigenvalue weighted by molar-refractivity contribution is -0.122. The van der Waals surface area contributed by atoms with Crippen LogP contribution >= 0.6 is 0 Å². The second kappa shape index (κ2) is 8.73. The Bertz CT molecular complexity index is 728. The number of nitrogens with one attached hydrogen (secondary N) is 2. The Hall–Kier alpha value is -3.02. The molecule has 0 fully saturated rings. The maximum absolute atomic E-state index is 12.3. The van der Waals surface area contributed by atoms with E-state index in [-0.39, 0.29) is 11.8 Å². The lowest BCUT2D eigenvalue weighted by Crippen LogP contribution is -2.30. The lowest BCUT2D eigenvalue weighted by atomic mass is 10.2. The first-order chi connectivity index (χ1) is 12.0. The van der Waals surface area contributed by atoms with Gasteiger partial charge in [0.1, 0.15) is 0 Å². The Labute approximate surface area is 147 Å². The topological polar surface area (TPSA) is 76.7 Å². The summed E-state index contributed by atoms with van der Waals surface area (Å²) in [4.78, 5) is 23.6. The molecule has 2 aromatic rings. The number of hydrogen-bond donors (Lipinski definition) is 2. The van der Waals surface area contributed by atoms with Crippen LogP contribution < -0.4 is 20.1 Å². The zero-order chi connectivity index (χ0) is 18.2.